The predicted octanol–water partition coefficient (Wildman–Crippen LogP) is -2.89. The largest absolute Gasteiger partial charge is 0.475 e. The Morgan fingerprint density at radius 3 is 1.88 bits per heavy atom. The van der Waals surface area contributed by atoms with E-state index in [1.807, 2.05) is 0 Å². The van der Waals surface area contributed by atoms with Crippen LogP contribution in [0.4, 0.5) is 0 Å². The van der Waals surface area contributed by atoms with Gasteiger partial charge in [0, 0.05) is 0 Å². The first-order valence-corrected chi connectivity index (χ1v) is 10.8. The first-order chi connectivity index (χ1) is 14.8. The molecule has 12 nitrogen and oxygen atoms in total. The van der Waals surface area contributed by atoms with E-state index in [4.69, 9.17) is 21.5 Å². The SMILES string of the molecule is CC(C)[C@H](NC(=O)[C@H](C)N)C(=O)N[C@@H](CCCCN)C(=O)N[C@@H](C)C(=O)N[C@@H](C)B(O)O. The zero-order valence-electron chi connectivity index (χ0n) is 19.6. The Kier molecular flexibility index (Phi) is 13.8. The van der Waals surface area contributed by atoms with Gasteiger partial charge in [0.1, 0.15) is 18.1 Å². The molecule has 0 bridgehead atoms. The number of carbonyl (C=O) groups is 4. The molecule has 0 aliphatic carbocycles. The fourth-order valence-electron chi connectivity index (χ4n) is 2.65. The third kappa shape index (κ3) is 10.9. The van der Waals surface area contributed by atoms with E-state index in [1.165, 1.54) is 20.8 Å². The van der Waals surface area contributed by atoms with Crippen molar-refractivity contribution < 1.29 is 29.2 Å². The fraction of sp³-hybridized carbons (Fsp3) is 0.789. The van der Waals surface area contributed by atoms with Crippen molar-refractivity contribution in [3.8, 4) is 0 Å². The number of hydrogen-bond donors (Lipinski definition) is 8. The summed E-state index contributed by atoms with van der Waals surface area (Å²) < 4.78 is 0. The first-order valence-electron chi connectivity index (χ1n) is 10.8. The molecule has 5 atom stereocenters. The normalized spacial score (nSPS) is 15.7. The number of unbranched alkanes of at least 4 members (excludes halogenated alkanes) is 1. The van der Waals surface area contributed by atoms with Crippen molar-refractivity contribution in [3.63, 3.8) is 0 Å². The molecule has 4 amide bonds. The Hall–Kier alpha value is -2.22. The highest BCUT2D eigenvalue weighted by Crippen LogP contribution is 2.07. The molecule has 0 saturated heterocycles. The van der Waals surface area contributed by atoms with Crippen molar-refractivity contribution in [2.24, 2.45) is 17.4 Å². The molecule has 0 aliphatic heterocycles. The minimum Gasteiger partial charge on any atom is -0.426 e. The summed E-state index contributed by atoms with van der Waals surface area (Å²) in [5, 5.41) is 28.3. The zero-order valence-corrected chi connectivity index (χ0v) is 19.6. The molecule has 10 N–H and O–H groups in total. The Bertz CT molecular complexity index is 633. The highest BCUT2D eigenvalue weighted by atomic mass is 16.4. The van der Waals surface area contributed by atoms with E-state index < -0.39 is 60.9 Å². The van der Waals surface area contributed by atoms with E-state index in [1.54, 1.807) is 13.8 Å². The van der Waals surface area contributed by atoms with Crippen LogP contribution < -0.4 is 32.7 Å². The summed E-state index contributed by atoms with van der Waals surface area (Å²) in [6.45, 7) is 8.24. The zero-order chi connectivity index (χ0) is 25.0. The topological polar surface area (TPSA) is 209 Å². The Morgan fingerprint density at radius 2 is 1.41 bits per heavy atom. The second kappa shape index (κ2) is 14.8. The number of nitrogens with one attached hydrogen (secondary N) is 4. The maximum Gasteiger partial charge on any atom is 0.475 e. The molecule has 0 rings (SSSR count). The summed E-state index contributed by atoms with van der Waals surface area (Å²) >= 11 is 0. The second-order valence-corrected chi connectivity index (χ2v) is 8.31. The lowest BCUT2D eigenvalue weighted by molar-refractivity contribution is -0.134. The van der Waals surface area contributed by atoms with E-state index in [0.717, 1.165) is 0 Å². The van der Waals surface area contributed by atoms with Gasteiger partial charge in [0.15, 0.2) is 0 Å². The van der Waals surface area contributed by atoms with Gasteiger partial charge >= 0.3 is 7.12 Å². The van der Waals surface area contributed by atoms with Gasteiger partial charge in [0.25, 0.3) is 0 Å². The Balaban J connectivity index is 5.27. The van der Waals surface area contributed by atoms with Gasteiger partial charge in [-0.05, 0) is 52.5 Å². The summed E-state index contributed by atoms with van der Waals surface area (Å²) in [5.74, 6) is -3.43. The molecule has 0 heterocycles. The molecule has 0 aromatic rings. The highest BCUT2D eigenvalue weighted by Gasteiger charge is 2.31. The van der Waals surface area contributed by atoms with Crippen molar-refractivity contribution in [1.29, 1.82) is 0 Å². The van der Waals surface area contributed by atoms with Crippen molar-refractivity contribution in [1.82, 2.24) is 21.3 Å². The van der Waals surface area contributed by atoms with Crippen LogP contribution in [0.2, 0.25) is 0 Å². The van der Waals surface area contributed by atoms with Gasteiger partial charge in [-0.1, -0.05) is 13.8 Å². The third-order valence-electron chi connectivity index (χ3n) is 4.81. The van der Waals surface area contributed by atoms with Crippen LogP contribution in [0.1, 0.15) is 53.9 Å². The van der Waals surface area contributed by atoms with Gasteiger partial charge < -0.3 is 42.8 Å². The number of nitrogens with two attached hydrogens (primary N) is 2. The maximum absolute atomic E-state index is 12.8. The molecule has 184 valence electrons. The van der Waals surface area contributed by atoms with Gasteiger partial charge in [0.2, 0.25) is 23.6 Å². The number of amides is 4. The van der Waals surface area contributed by atoms with Crippen LogP contribution in [0, 0.1) is 5.92 Å². The van der Waals surface area contributed by atoms with Crippen molar-refractivity contribution in [2.75, 3.05) is 6.54 Å². The minimum absolute atomic E-state index is 0.262. The van der Waals surface area contributed by atoms with E-state index in [9.17, 15) is 19.2 Å². The van der Waals surface area contributed by atoms with Crippen LogP contribution in [-0.4, -0.2) is 77.4 Å². The number of hydrogen-bond acceptors (Lipinski definition) is 8. The van der Waals surface area contributed by atoms with Crippen molar-refractivity contribution >= 4 is 30.7 Å². The Morgan fingerprint density at radius 1 is 0.812 bits per heavy atom. The highest BCUT2D eigenvalue weighted by molar-refractivity contribution is 6.43. The summed E-state index contributed by atoms with van der Waals surface area (Å²) in [4.78, 5) is 49.7. The number of carbonyl (C=O) groups excluding carboxylic acids is 4. The lowest BCUT2D eigenvalue weighted by Gasteiger charge is -2.26. The lowest BCUT2D eigenvalue weighted by Crippen LogP contribution is -2.59. The fourth-order valence-corrected chi connectivity index (χ4v) is 2.65. The van der Waals surface area contributed by atoms with Crippen molar-refractivity contribution in [3.05, 3.63) is 0 Å². The molecule has 13 heteroatoms. The van der Waals surface area contributed by atoms with Crippen LogP contribution in [0.3, 0.4) is 0 Å². The third-order valence-corrected chi connectivity index (χ3v) is 4.81. The van der Waals surface area contributed by atoms with Crippen LogP contribution in [0.5, 0.6) is 0 Å². The molecule has 0 fully saturated rings. The molecule has 0 aromatic carbocycles. The predicted molar refractivity (Wildman–Crippen MR) is 121 cm³/mol. The quantitative estimate of drug-likeness (QED) is 0.0998. The molecule has 0 unspecified atom stereocenters. The van der Waals surface area contributed by atoms with Gasteiger partial charge in [-0.25, -0.2) is 0 Å². The molecule has 0 radical (unpaired) electrons. The lowest BCUT2D eigenvalue weighted by atomic mass is 9.81. The summed E-state index contributed by atoms with van der Waals surface area (Å²) in [5.41, 5.74) is 11.1. The van der Waals surface area contributed by atoms with Crippen LogP contribution in [0.15, 0.2) is 0 Å². The molecule has 32 heavy (non-hydrogen) atoms. The molecule has 0 spiro atoms. The maximum atomic E-state index is 12.8. The second-order valence-electron chi connectivity index (χ2n) is 8.31. The number of rotatable bonds is 14. The molecule has 0 saturated carbocycles. The van der Waals surface area contributed by atoms with E-state index in [-0.39, 0.29) is 12.3 Å². The van der Waals surface area contributed by atoms with E-state index in [0.29, 0.717) is 19.4 Å². The summed E-state index contributed by atoms with van der Waals surface area (Å²) in [7, 11) is -1.75. The molecule has 0 aliphatic rings. The van der Waals surface area contributed by atoms with Gasteiger partial charge in [-0.2, -0.15) is 0 Å². The molecular formula is C19H39BN6O6. The molecular weight excluding hydrogens is 419 g/mol. The van der Waals surface area contributed by atoms with Gasteiger partial charge in [-0.15, -0.1) is 0 Å². The average molecular weight is 458 g/mol. The standard InChI is InChI=1S/C19H39BN6O6/c1-10(2)15(26-16(27)11(3)22)19(30)25-14(8-6-7-9-21)18(29)23-12(4)17(28)24-13(5)20(31)32/h10-15,31-32H,6-9,21-22H2,1-5H3,(H,23,29)(H,24,28)(H,25,30)(H,26,27)/t11-,12-,13-,14-,15-/m0/s1. The monoisotopic (exact) mass is 458 g/mol. The van der Waals surface area contributed by atoms with Crippen LogP contribution in [0.25, 0.3) is 0 Å². The van der Waals surface area contributed by atoms with Crippen molar-refractivity contribution in [2.45, 2.75) is 84.0 Å². The summed E-state index contributed by atoms with van der Waals surface area (Å²) in [6, 6.07) is -3.65. The van der Waals surface area contributed by atoms with E-state index >= 15 is 0 Å². The Labute approximate surface area is 189 Å². The van der Waals surface area contributed by atoms with Crippen LogP contribution in [-0.2, 0) is 19.2 Å². The molecule has 0 aromatic heterocycles. The first kappa shape index (κ1) is 29.8. The minimum atomic E-state index is -1.75. The average Bonchev–Trinajstić information content (AvgIpc) is 2.70. The van der Waals surface area contributed by atoms with Gasteiger partial charge in [0.05, 0.1) is 12.0 Å². The van der Waals surface area contributed by atoms with Gasteiger partial charge in [-0.3, -0.25) is 19.2 Å². The smallest absolute Gasteiger partial charge is 0.426 e. The summed E-state index contributed by atoms with van der Waals surface area (Å²) in [6.07, 6.45) is 1.47. The van der Waals surface area contributed by atoms with E-state index in [2.05, 4.69) is 21.3 Å². The van der Waals surface area contributed by atoms with Crippen LogP contribution >= 0.6 is 0 Å².